The molecule has 11 heteroatoms. The minimum Gasteiger partial charge on any atom is -0.387 e. The molecular weight excluding hydrogens is 993 g/mol. The van der Waals surface area contributed by atoms with Gasteiger partial charge in [-0.15, -0.1) is 0 Å². The number of benzene rings is 8. The van der Waals surface area contributed by atoms with Crippen LogP contribution < -0.4 is 0 Å². The molecule has 0 radical (unpaired) electrons. The van der Waals surface area contributed by atoms with Crippen molar-refractivity contribution in [1.82, 2.24) is 0 Å². The summed E-state index contributed by atoms with van der Waals surface area (Å²) < 4.78 is 70.7. The fraction of sp³-hybridized carbons (Fsp3) is 0.294. The minimum atomic E-state index is -1.37. The summed E-state index contributed by atoms with van der Waals surface area (Å²) in [5.41, 5.74) is 7.60. The molecule has 1 aliphatic heterocycles. The molecule has 8 aromatic carbocycles. The van der Waals surface area contributed by atoms with Gasteiger partial charge in [0.05, 0.1) is 59.5 Å². The Labute approximate surface area is 464 Å². The summed E-state index contributed by atoms with van der Waals surface area (Å²) in [5.74, 6) is 0. The molecule has 1 aliphatic carbocycles. The van der Waals surface area contributed by atoms with Crippen LogP contribution in [0.25, 0.3) is 0 Å². The third kappa shape index (κ3) is 16.0. The summed E-state index contributed by atoms with van der Waals surface area (Å²) in [6, 6.07) is 79.8. The van der Waals surface area contributed by atoms with Crippen molar-refractivity contribution in [1.29, 1.82) is 0 Å². The van der Waals surface area contributed by atoms with Crippen LogP contribution >= 0.6 is 0 Å². The van der Waals surface area contributed by atoms with Gasteiger partial charge in [-0.1, -0.05) is 243 Å². The van der Waals surface area contributed by atoms with Crippen molar-refractivity contribution < 1.29 is 52.5 Å². The normalized spacial score (nSPS) is 24.0. The van der Waals surface area contributed by atoms with E-state index in [9.17, 15) is 5.11 Å². The summed E-state index contributed by atoms with van der Waals surface area (Å²) in [6.07, 6.45) is -10.7. The van der Waals surface area contributed by atoms with Crippen molar-refractivity contribution in [3.8, 4) is 0 Å². The lowest BCUT2D eigenvalue weighted by Crippen LogP contribution is -2.69. The molecule has 79 heavy (non-hydrogen) atoms. The third-order valence-corrected chi connectivity index (χ3v) is 14.2. The number of hydrogen-bond donors (Lipinski definition) is 1. The maximum absolute atomic E-state index is 13.3. The van der Waals surface area contributed by atoms with Crippen molar-refractivity contribution in [2.45, 2.75) is 120 Å². The van der Waals surface area contributed by atoms with Crippen LogP contribution in [0.1, 0.15) is 44.5 Å². The highest BCUT2D eigenvalue weighted by atomic mass is 16.7. The highest BCUT2D eigenvalue weighted by molar-refractivity contribution is 5.20. The second-order valence-corrected chi connectivity index (χ2v) is 20.0. The first kappa shape index (κ1) is 55.6. The Balaban J connectivity index is 1.07. The molecule has 2 aliphatic rings. The number of aliphatic hydroxyl groups is 1. The maximum Gasteiger partial charge on any atom is 0.187 e. The second kappa shape index (κ2) is 29.5. The predicted molar refractivity (Wildman–Crippen MR) is 301 cm³/mol. The molecule has 10 rings (SSSR count). The summed E-state index contributed by atoms with van der Waals surface area (Å²) in [4.78, 5) is 0. The fourth-order valence-electron chi connectivity index (χ4n) is 10.1. The standard InChI is InChI=1S/C68H70O11/c69-59-61(72-43-52-29-13-3-14-30-52)64(74-45-54-33-17-5-18-34-54)66(76-47-56-37-21-7-22-38-56)65(75-46-55-35-19-6-20-36-55)62(59)79-68-67(77-48-57-39-23-8-24-40-57)63(73-44-53-31-15-4-16-32-53)60(71-42-51-27-11-2-12-28-51)58(78-68)49-70-41-50-25-9-1-10-26-50/h1-40,58-69H,41-49H2/t58-,59+,60-,61+,62+,63+,64+,65-,66-,67+,68+/m1/s1. The smallest absolute Gasteiger partial charge is 0.187 e. The van der Waals surface area contributed by atoms with E-state index in [0.717, 1.165) is 44.5 Å². The third-order valence-electron chi connectivity index (χ3n) is 14.2. The lowest BCUT2D eigenvalue weighted by atomic mass is 9.83. The lowest BCUT2D eigenvalue weighted by molar-refractivity contribution is -0.363. The molecule has 8 aromatic rings. The van der Waals surface area contributed by atoms with E-state index in [1.807, 2.05) is 243 Å². The van der Waals surface area contributed by atoms with Gasteiger partial charge in [0.15, 0.2) is 6.29 Å². The highest BCUT2D eigenvalue weighted by Crippen LogP contribution is 2.39. The first-order chi connectivity index (χ1) is 39.1. The lowest BCUT2D eigenvalue weighted by Gasteiger charge is -2.51. The van der Waals surface area contributed by atoms with Gasteiger partial charge in [0, 0.05) is 0 Å². The molecule has 0 unspecified atom stereocenters. The van der Waals surface area contributed by atoms with E-state index in [1.165, 1.54) is 0 Å². The van der Waals surface area contributed by atoms with E-state index in [1.54, 1.807) is 0 Å². The first-order valence-corrected chi connectivity index (χ1v) is 27.3. The highest BCUT2D eigenvalue weighted by Gasteiger charge is 2.57. The topological polar surface area (TPSA) is 113 Å². The van der Waals surface area contributed by atoms with Crippen LogP contribution in [-0.4, -0.2) is 79.0 Å². The van der Waals surface area contributed by atoms with Gasteiger partial charge in [0.1, 0.15) is 61.0 Å². The molecule has 11 nitrogen and oxygen atoms in total. The van der Waals surface area contributed by atoms with Gasteiger partial charge in [-0.05, 0) is 44.5 Å². The van der Waals surface area contributed by atoms with E-state index < -0.39 is 67.3 Å². The van der Waals surface area contributed by atoms with Crippen LogP contribution in [0, 0.1) is 0 Å². The van der Waals surface area contributed by atoms with Gasteiger partial charge in [-0.25, -0.2) is 0 Å². The van der Waals surface area contributed by atoms with Crippen molar-refractivity contribution in [3.05, 3.63) is 287 Å². The Kier molecular flexibility index (Phi) is 20.8. The summed E-state index contributed by atoms with van der Waals surface area (Å²) in [7, 11) is 0. The fourth-order valence-corrected chi connectivity index (χ4v) is 10.1. The number of hydrogen-bond acceptors (Lipinski definition) is 11. The van der Waals surface area contributed by atoms with Crippen molar-refractivity contribution >= 4 is 0 Å². The van der Waals surface area contributed by atoms with Crippen LogP contribution in [0.3, 0.4) is 0 Å². The first-order valence-electron chi connectivity index (χ1n) is 27.3. The zero-order chi connectivity index (χ0) is 53.7. The monoisotopic (exact) mass is 1060 g/mol. The minimum absolute atomic E-state index is 0.104. The molecule has 1 N–H and O–H groups in total. The molecule has 1 heterocycles. The van der Waals surface area contributed by atoms with Crippen molar-refractivity contribution in [3.63, 3.8) is 0 Å². The van der Waals surface area contributed by atoms with E-state index >= 15 is 0 Å². The molecular formula is C68H70O11. The Morgan fingerprint density at radius 2 is 0.506 bits per heavy atom. The zero-order valence-corrected chi connectivity index (χ0v) is 44.3. The van der Waals surface area contributed by atoms with Crippen LogP contribution in [0.15, 0.2) is 243 Å². The molecule has 0 bridgehead atoms. The molecule has 408 valence electrons. The molecule has 1 saturated heterocycles. The largest absolute Gasteiger partial charge is 0.387 e. The van der Waals surface area contributed by atoms with Crippen molar-refractivity contribution in [2.24, 2.45) is 0 Å². The average Bonchev–Trinajstić information content (AvgIpc) is 3.51. The van der Waals surface area contributed by atoms with Crippen molar-refractivity contribution in [2.75, 3.05) is 6.61 Å². The van der Waals surface area contributed by atoms with Crippen LogP contribution in [0.2, 0.25) is 0 Å². The Hall–Kier alpha value is -6.68. The van der Waals surface area contributed by atoms with E-state index in [4.69, 9.17) is 47.4 Å². The van der Waals surface area contributed by atoms with Crippen LogP contribution in [-0.2, 0) is 100 Å². The van der Waals surface area contributed by atoms with Gasteiger partial charge in [-0.3, -0.25) is 0 Å². The van der Waals surface area contributed by atoms with E-state index in [0.29, 0.717) is 6.61 Å². The Morgan fingerprint density at radius 1 is 0.266 bits per heavy atom. The number of ether oxygens (including phenoxy) is 10. The number of aliphatic hydroxyl groups excluding tert-OH is 1. The average molecular weight is 1060 g/mol. The second-order valence-electron chi connectivity index (χ2n) is 20.0. The molecule has 0 amide bonds. The van der Waals surface area contributed by atoms with Gasteiger partial charge in [0.25, 0.3) is 0 Å². The van der Waals surface area contributed by atoms with E-state index in [-0.39, 0.29) is 52.9 Å². The quantitative estimate of drug-likeness (QED) is 0.0531. The zero-order valence-electron chi connectivity index (χ0n) is 44.3. The Bertz CT molecular complexity index is 2910. The summed E-state index contributed by atoms with van der Waals surface area (Å²) in [5, 5.41) is 13.3. The molecule has 11 atom stereocenters. The van der Waals surface area contributed by atoms with Gasteiger partial charge in [-0.2, -0.15) is 0 Å². The van der Waals surface area contributed by atoms with E-state index in [2.05, 4.69) is 0 Å². The Morgan fingerprint density at radius 3 is 0.835 bits per heavy atom. The van der Waals surface area contributed by atoms with Gasteiger partial charge < -0.3 is 52.5 Å². The predicted octanol–water partition coefficient (Wildman–Crippen LogP) is 11.8. The van der Waals surface area contributed by atoms with Gasteiger partial charge in [0.2, 0.25) is 0 Å². The van der Waals surface area contributed by atoms with Gasteiger partial charge >= 0.3 is 0 Å². The molecule has 0 spiro atoms. The summed E-state index contributed by atoms with van der Waals surface area (Å²) >= 11 is 0. The maximum atomic E-state index is 13.3. The molecule has 2 fully saturated rings. The molecule has 1 saturated carbocycles. The number of rotatable bonds is 27. The molecule has 0 aromatic heterocycles. The van der Waals surface area contributed by atoms with Crippen LogP contribution in [0.4, 0.5) is 0 Å². The summed E-state index contributed by atoms with van der Waals surface area (Å²) in [6.45, 7) is 1.84. The van der Waals surface area contributed by atoms with Crippen LogP contribution in [0.5, 0.6) is 0 Å². The SMILES string of the molecule is O[C@H]1[C@H](OCc2ccccc2)[C@H](OCc2ccccc2)[C@@H](OCc2ccccc2)[C@H](OCc2ccccc2)[C@H]1O[C@@H]1O[C@H](COCc2ccccc2)[C@@H](OCc2ccccc2)[C@H](OCc2ccccc2)[C@@H]1OCc1ccccc1.